The molecule has 27 heavy (non-hydrogen) atoms. The van der Waals surface area contributed by atoms with Gasteiger partial charge < -0.3 is 10.2 Å². The average Bonchev–Trinajstić information content (AvgIpc) is 2.96. The number of nitrogens with zero attached hydrogens (tertiary/aromatic N) is 1. The maximum absolute atomic E-state index is 12.7. The van der Waals surface area contributed by atoms with E-state index in [1.54, 1.807) is 0 Å². The minimum absolute atomic E-state index is 0.107. The van der Waals surface area contributed by atoms with Crippen molar-refractivity contribution in [3.05, 3.63) is 34.9 Å². The number of carbonyl (C=O) groups excluding carboxylic acids is 2. The van der Waals surface area contributed by atoms with Crippen molar-refractivity contribution in [3.8, 4) is 0 Å². The predicted octanol–water partition coefficient (Wildman–Crippen LogP) is 3.38. The molecule has 0 radical (unpaired) electrons. The van der Waals surface area contributed by atoms with Crippen molar-refractivity contribution < 1.29 is 9.59 Å². The summed E-state index contributed by atoms with van der Waals surface area (Å²) in [6.07, 6.45) is 9.15. The Morgan fingerprint density at radius 1 is 0.963 bits per heavy atom. The van der Waals surface area contributed by atoms with E-state index in [2.05, 4.69) is 17.4 Å². The van der Waals surface area contributed by atoms with Crippen LogP contribution in [0.4, 0.5) is 0 Å². The van der Waals surface area contributed by atoms with Gasteiger partial charge in [-0.15, -0.1) is 0 Å². The van der Waals surface area contributed by atoms with Crippen molar-refractivity contribution in [2.24, 2.45) is 11.8 Å². The van der Waals surface area contributed by atoms with E-state index >= 15 is 0 Å². The first-order chi connectivity index (χ1) is 13.2. The van der Waals surface area contributed by atoms with Gasteiger partial charge in [0.15, 0.2) is 5.78 Å². The maximum Gasteiger partial charge on any atom is 0.223 e. The summed E-state index contributed by atoms with van der Waals surface area (Å²) in [5, 5.41) is 3.40. The molecule has 1 saturated carbocycles. The molecule has 1 aliphatic carbocycles. The van der Waals surface area contributed by atoms with Crippen LogP contribution in [-0.2, 0) is 17.6 Å². The molecule has 1 aromatic rings. The fraction of sp³-hybridized carbons (Fsp3) is 0.652. The fourth-order valence-corrected chi connectivity index (χ4v) is 5.20. The van der Waals surface area contributed by atoms with Crippen LogP contribution < -0.4 is 5.32 Å². The normalized spacial score (nSPS) is 25.3. The van der Waals surface area contributed by atoms with E-state index in [4.69, 9.17) is 0 Å². The van der Waals surface area contributed by atoms with Gasteiger partial charge in [0.1, 0.15) is 0 Å². The SMILES string of the molecule is O=C(CCC(=O)N1CCC2CCCCC2C1)c1ccc2c(c1)CCNCC2. The topological polar surface area (TPSA) is 49.4 Å². The Labute approximate surface area is 162 Å². The number of nitrogens with one attached hydrogen (secondary N) is 1. The molecule has 2 fully saturated rings. The lowest BCUT2D eigenvalue weighted by atomic mass is 9.75. The van der Waals surface area contributed by atoms with Crippen LogP contribution in [0.25, 0.3) is 0 Å². The number of hydrogen-bond donors (Lipinski definition) is 1. The Morgan fingerprint density at radius 3 is 2.59 bits per heavy atom. The number of rotatable bonds is 4. The number of piperidine rings is 1. The van der Waals surface area contributed by atoms with E-state index in [0.717, 1.165) is 56.9 Å². The number of ketones is 1. The van der Waals surface area contributed by atoms with Crippen molar-refractivity contribution in [1.29, 1.82) is 0 Å². The smallest absolute Gasteiger partial charge is 0.223 e. The molecule has 1 aromatic carbocycles. The van der Waals surface area contributed by atoms with Crippen LogP contribution in [0.2, 0.25) is 0 Å². The van der Waals surface area contributed by atoms with Crippen molar-refractivity contribution in [3.63, 3.8) is 0 Å². The Morgan fingerprint density at radius 2 is 1.74 bits per heavy atom. The van der Waals surface area contributed by atoms with Gasteiger partial charge >= 0.3 is 0 Å². The lowest BCUT2D eigenvalue weighted by Crippen LogP contribution is -2.44. The molecule has 2 atom stereocenters. The van der Waals surface area contributed by atoms with Crippen molar-refractivity contribution >= 4 is 11.7 Å². The summed E-state index contributed by atoms with van der Waals surface area (Å²) in [6.45, 7) is 3.79. The zero-order valence-corrected chi connectivity index (χ0v) is 16.3. The molecule has 146 valence electrons. The second-order valence-corrected chi connectivity index (χ2v) is 8.59. The highest BCUT2D eigenvalue weighted by Crippen LogP contribution is 2.36. The summed E-state index contributed by atoms with van der Waals surface area (Å²) >= 11 is 0. The van der Waals surface area contributed by atoms with Crippen molar-refractivity contribution in [1.82, 2.24) is 10.2 Å². The second kappa shape index (κ2) is 8.55. The quantitative estimate of drug-likeness (QED) is 0.829. The van der Waals surface area contributed by atoms with E-state index in [1.807, 2.05) is 11.0 Å². The number of likely N-dealkylation sites (tertiary alicyclic amines) is 1. The highest BCUT2D eigenvalue weighted by molar-refractivity contribution is 5.98. The lowest BCUT2D eigenvalue weighted by Gasteiger charge is -2.41. The zero-order chi connectivity index (χ0) is 18.6. The number of benzene rings is 1. The number of fused-ring (bicyclic) bond motifs is 2. The van der Waals surface area contributed by atoms with Gasteiger partial charge in [0.05, 0.1) is 0 Å². The molecule has 4 nitrogen and oxygen atoms in total. The highest BCUT2D eigenvalue weighted by atomic mass is 16.2. The number of amides is 1. The second-order valence-electron chi connectivity index (χ2n) is 8.59. The van der Waals surface area contributed by atoms with Crippen LogP contribution in [0.3, 0.4) is 0 Å². The average molecular weight is 369 g/mol. The Hall–Kier alpha value is -1.68. The molecular formula is C23H32N2O2. The predicted molar refractivity (Wildman–Crippen MR) is 107 cm³/mol. The van der Waals surface area contributed by atoms with Gasteiger partial charge in [0.25, 0.3) is 0 Å². The summed E-state index contributed by atoms with van der Waals surface area (Å²) < 4.78 is 0. The van der Waals surface area contributed by atoms with E-state index in [9.17, 15) is 9.59 Å². The molecule has 2 unspecified atom stereocenters. The molecule has 0 bridgehead atoms. The number of Topliss-reactive ketones (excluding diaryl/α,β-unsaturated/α-hetero) is 1. The minimum Gasteiger partial charge on any atom is -0.342 e. The maximum atomic E-state index is 12.7. The largest absolute Gasteiger partial charge is 0.342 e. The Kier molecular flexibility index (Phi) is 5.92. The van der Waals surface area contributed by atoms with Crippen LogP contribution in [0.15, 0.2) is 18.2 Å². The summed E-state index contributed by atoms with van der Waals surface area (Å²) in [6, 6.07) is 6.11. The molecule has 2 heterocycles. The highest BCUT2D eigenvalue weighted by Gasteiger charge is 2.32. The van der Waals surface area contributed by atoms with Crippen LogP contribution in [-0.4, -0.2) is 42.8 Å². The molecule has 4 heteroatoms. The van der Waals surface area contributed by atoms with Gasteiger partial charge in [-0.25, -0.2) is 0 Å². The standard InChI is InChI=1S/C23H32N2O2/c26-22(20-6-5-18-9-12-24-13-10-19(18)15-20)7-8-23(27)25-14-11-17-3-1-2-4-21(17)16-25/h5-6,15,17,21,24H,1-4,7-14,16H2. The third kappa shape index (κ3) is 4.43. The van der Waals surface area contributed by atoms with Crippen LogP contribution in [0, 0.1) is 11.8 Å². The van der Waals surface area contributed by atoms with Gasteiger partial charge in [-0.2, -0.15) is 0 Å². The van der Waals surface area contributed by atoms with Gasteiger partial charge in [-0.05, 0) is 67.8 Å². The molecule has 1 N–H and O–H groups in total. The lowest BCUT2D eigenvalue weighted by molar-refractivity contribution is -0.134. The third-order valence-electron chi connectivity index (χ3n) is 6.88. The van der Waals surface area contributed by atoms with E-state index in [-0.39, 0.29) is 11.7 Å². The molecule has 0 spiro atoms. The third-order valence-corrected chi connectivity index (χ3v) is 6.88. The monoisotopic (exact) mass is 368 g/mol. The number of hydrogen-bond acceptors (Lipinski definition) is 3. The summed E-state index contributed by atoms with van der Waals surface area (Å²) in [7, 11) is 0. The van der Waals surface area contributed by atoms with Gasteiger partial charge in [-0.3, -0.25) is 9.59 Å². The molecule has 2 aliphatic heterocycles. The first kappa shape index (κ1) is 18.7. The van der Waals surface area contributed by atoms with E-state index < -0.39 is 0 Å². The molecule has 1 amide bonds. The summed E-state index contributed by atoms with van der Waals surface area (Å²) in [4.78, 5) is 27.3. The number of carbonyl (C=O) groups is 2. The van der Waals surface area contributed by atoms with Crippen LogP contribution in [0.1, 0.15) is 66.4 Å². The summed E-state index contributed by atoms with van der Waals surface area (Å²) in [5.41, 5.74) is 3.41. The molecular weight excluding hydrogens is 336 g/mol. The first-order valence-electron chi connectivity index (χ1n) is 10.8. The fourth-order valence-electron chi connectivity index (χ4n) is 5.20. The van der Waals surface area contributed by atoms with Crippen LogP contribution in [0.5, 0.6) is 0 Å². The van der Waals surface area contributed by atoms with E-state index in [0.29, 0.717) is 18.8 Å². The molecule has 3 aliphatic rings. The minimum atomic E-state index is 0.107. The molecule has 1 saturated heterocycles. The van der Waals surface area contributed by atoms with E-state index in [1.165, 1.54) is 36.8 Å². The van der Waals surface area contributed by atoms with Crippen molar-refractivity contribution in [2.75, 3.05) is 26.2 Å². The Balaban J connectivity index is 1.31. The Bertz CT molecular complexity index is 700. The molecule has 0 aromatic heterocycles. The van der Waals surface area contributed by atoms with Gasteiger partial charge in [-0.1, -0.05) is 31.4 Å². The molecule has 4 rings (SSSR count). The summed E-state index contributed by atoms with van der Waals surface area (Å²) in [5.74, 6) is 1.81. The van der Waals surface area contributed by atoms with Gasteiger partial charge in [0.2, 0.25) is 5.91 Å². The van der Waals surface area contributed by atoms with Crippen LogP contribution >= 0.6 is 0 Å². The van der Waals surface area contributed by atoms with Gasteiger partial charge in [0, 0.05) is 31.5 Å². The van der Waals surface area contributed by atoms with Crippen molar-refractivity contribution in [2.45, 2.75) is 57.8 Å². The first-order valence-corrected chi connectivity index (χ1v) is 10.8. The zero-order valence-electron chi connectivity index (χ0n) is 16.3.